The van der Waals surface area contributed by atoms with E-state index in [1.165, 1.54) is 4.88 Å². The van der Waals surface area contributed by atoms with Gasteiger partial charge in [-0.3, -0.25) is 0 Å². The normalized spacial score (nSPS) is 10.5. The molecule has 0 atom stereocenters. The molecule has 0 aliphatic heterocycles. The fraction of sp³-hybridized carbons (Fsp3) is 0.235. The van der Waals surface area contributed by atoms with Gasteiger partial charge in [0, 0.05) is 22.4 Å². The predicted molar refractivity (Wildman–Crippen MR) is 97.2 cm³/mol. The number of thiophene rings is 1. The van der Waals surface area contributed by atoms with Crippen molar-refractivity contribution in [3.63, 3.8) is 0 Å². The van der Waals surface area contributed by atoms with Crippen molar-refractivity contribution < 1.29 is 9.47 Å². The van der Waals surface area contributed by atoms with Crippen LogP contribution in [-0.4, -0.2) is 25.7 Å². The summed E-state index contributed by atoms with van der Waals surface area (Å²) >= 11 is 3.38. The lowest BCUT2D eigenvalue weighted by Gasteiger charge is -2.08. The number of thiazole rings is 1. The summed E-state index contributed by atoms with van der Waals surface area (Å²) in [5.74, 6) is 1.59. The van der Waals surface area contributed by atoms with Gasteiger partial charge in [0.2, 0.25) is 0 Å². The van der Waals surface area contributed by atoms with Gasteiger partial charge >= 0.3 is 0 Å². The summed E-state index contributed by atoms with van der Waals surface area (Å²) in [5.41, 5.74) is 1.83. The number of hydrogen-bond donors (Lipinski definition) is 1. The van der Waals surface area contributed by atoms with E-state index >= 15 is 0 Å². The van der Waals surface area contributed by atoms with E-state index in [-0.39, 0.29) is 0 Å². The molecule has 120 valence electrons. The molecule has 0 aliphatic carbocycles. The van der Waals surface area contributed by atoms with Crippen LogP contribution in [0, 0.1) is 0 Å². The maximum atomic E-state index is 5.43. The van der Waals surface area contributed by atoms with Crippen molar-refractivity contribution in [1.82, 2.24) is 4.98 Å². The zero-order valence-electron chi connectivity index (χ0n) is 13.0. The predicted octanol–water partition coefficient (Wildman–Crippen LogP) is 4.54. The third-order valence-electron chi connectivity index (χ3n) is 3.41. The first-order valence-electron chi connectivity index (χ1n) is 7.24. The fourth-order valence-electron chi connectivity index (χ4n) is 2.24. The average Bonchev–Trinajstić information content (AvgIpc) is 3.26. The molecule has 0 spiro atoms. The molecule has 1 aromatic carbocycles. The molecule has 23 heavy (non-hydrogen) atoms. The fourth-order valence-corrected chi connectivity index (χ4v) is 3.69. The molecule has 2 heterocycles. The van der Waals surface area contributed by atoms with Crippen LogP contribution in [0.2, 0.25) is 0 Å². The maximum Gasteiger partial charge on any atom is 0.183 e. The Morgan fingerprint density at radius 2 is 2.04 bits per heavy atom. The lowest BCUT2D eigenvalue weighted by atomic mass is 10.1. The van der Waals surface area contributed by atoms with Gasteiger partial charge in [0.05, 0.1) is 19.9 Å². The third-order valence-corrected chi connectivity index (χ3v) is 5.15. The molecule has 0 radical (unpaired) electrons. The molecule has 1 N–H and O–H groups in total. The van der Waals surface area contributed by atoms with E-state index in [9.17, 15) is 0 Å². The van der Waals surface area contributed by atoms with Crippen molar-refractivity contribution in [3.8, 4) is 22.8 Å². The molecule has 0 amide bonds. The van der Waals surface area contributed by atoms with Crippen LogP contribution in [0.5, 0.6) is 11.5 Å². The number of aromatic nitrogens is 1. The average molecular weight is 346 g/mol. The van der Waals surface area contributed by atoms with Crippen LogP contribution in [-0.2, 0) is 6.42 Å². The van der Waals surface area contributed by atoms with Gasteiger partial charge in [-0.05, 0) is 36.1 Å². The standard InChI is InChI=1S/C17H18N2O2S2/c1-20-12-5-6-16(21-2)14(10-12)15-11-23-17(19-15)18-8-7-13-4-3-9-22-13/h3-6,9-11H,7-8H2,1-2H3,(H,18,19). The Bertz CT molecular complexity index is 754. The second-order valence-electron chi connectivity index (χ2n) is 4.86. The number of ether oxygens (including phenoxy) is 2. The number of nitrogens with one attached hydrogen (secondary N) is 1. The third kappa shape index (κ3) is 3.83. The van der Waals surface area contributed by atoms with Crippen molar-refractivity contribution in [2.45, 2.75) is 6.42 Å². The molecule has 3 aromatic rings. The van der Waals surface area contributed by atoms with Gasteiger partial charge < -0.3 is 14.8 Å². The van der Waals surface area contributed by atoms with Gasteiger partial charge in [-0.25, -0.2) is 4.98 Å². The van der Waals surface area contributed by atoms with Gasteiger partial charge in [0.25, 0.3) is 0 Å². The molecule has 2 aromatic heterocycles. The van der Waals surface area contributed by atoms with Gasteiger partial charge in [-0.15, -0.1) is 22.7 Å². The van der Waals surface area contributed by atoms with Crippen molar-refractivity contribution in [3.05, 3.63) is 46.0 Å². The van der Waals surface area contributed by atoms with E-state index in [2.05, 4.69) is 27.8 Å². The Morgan fingerprint density at radius 1 is 1.13 bits per heavy atom. The highest BCUT2D eigenvalue weighted by Gasteiger charge is 2.11. The Morgan fingerprint density at radius 3 is 2.78 bits per heavy atom. The molecule has 0 fully saturated rings. The summed E-state index contributed by atoms with van der Waals surface area (Å²) in [4.78, 5) is 6.04. The summed E-state index contributed by atoms with van der Waals surface area (Å²) in [5, 5.41) is 8.43. The Kier molecular flexibility index (Phi) is 5.15. The Balaban J connectivity index is 1.71. The number of methoxy groups -OCH3 is 2. The van der Waals surface area contributed by atoms with Crippen molar-refractivity contribution >= 4 is 27.8 Å². The highest BCUT2D eigenvalue weighted by molar-refractivity contribution is 7.14. The van der Waals surface area contributed by atoms with E-state index in [1.54, 1.807) is 36.9 Å². The number of hydrogen-bond acceptors (Lipinski definition) is 6. The van der Waals surface area contributed by atoms with Crippen LogP contribution >= 0.6 is 22.7 Å². The zero-order chi connectivity index (χ0) is 16.1. The molecular formula is C17H18N2O2S2. The number of nitrogens with zero attached hydrogens (tertiary/aromatic N) is 1. The molecule has 0 aliphatic rings. The molecule has 0 bridgehead atoms. The zero-order valence-corrected chi connectivity index (χ0v) is 14.7. The SMILES string of the molecule is COc1ccc(OC)c(-c2csc(NCCc3cccs3)n2)c1. The highest BCUT2D eigenvalue weighted by atomic mass is 32.1. The molecule has 3 rings (SSSR count). The topological polar surface area (TPSA) is 43.4 Å². The van der Waals surface area contributed by atoms with Crippen molar-refractivity contribution in [1.29, 1.82) is 0 Å². The van der Waals surface area contributed by atoms with Crippen LogP contribution in [0.4, 0.5) is 5.13 Å². The minimum absolute atomic E-state index is 0.793. The van der Waals surface area contributed by atoms with Crippen molar-refractivity contribution in [2.75, 3.05) is 26.1 Å². The first-order chi connectivity index (χ1) is 11.3. The number of benzene rings is 1. The molecule has 0 saturated heterocycles. The molecule has 6 heteroatoms. The van der Waals surface area contributed by atoms with E-state index < -0.39 is 0 Å². The first kappa shape index (κ1) is 15.8. The minimum Gasteiger partial charge on any atom is -0.497 e. The quantitative estimate of drug-likeness (QED) is 0.682. The maximum absolute atomic E-state index is 5.43. The second-order valence-corrected chi connectivity index (χ2v) is 6.75. The van der Waals surface area contributed by atoms with Gasteiger partial charge in [-0.1, -0.05) is 6.07 Å². The van der Waals surface area contributed by atoms with Gasteiger partial charge in [0.15, 0.2) is 5.13 Å². The Hall–Kier alpha value is -2.05. The van der Waals surface area contributed by atoms with E-state index in [1.807, 2.05) is 23.6 Å². The largest absolute Gasteiger partial charge is 0.497 e. The molecule has 0 unspecified atom stereocenters. The van der Waals surface area contributed by atoms with Crippen LogP contribution in [0.1, 0.15) is 4.88 Å². The van der Waals surface area contributed by atoms with Crippen LogP contribution in [0.3, 0.4) is 0 Å². The monoisotopic (exact) mass is 346 g/mol. The first-order valence-corrected chi connectivity index (χ1v) is 9.00. The summed E-state index contributed by atoms with van der Waals surface area (Å²) in [6.45, 7) is 0.878. The molecular weight excluding hydrogens is 328 g/mol. The van der Waals surface area contributed by atoms with E-state index in [0.717, 1.165) is 40.9 Å². The summed E-state index contributed by atoms with van der Waals surface area (Å²) in [6, 6.07) is 9.97. The van der Waals surface area contributed by atoms with Crippen molar-refractivity contribution in [2.24, 2.45) is 0 Å². The van der Waals surface area contributed by atoms with E-state index in [0.29, 0.717) is 0 Å². The second kappa shape index (κ2) is 7.48. The summed E-state index contributed by atoms with van der Waals surface area (Å²) < 4.78 is 10.7. The minimum atomic E-state index is 0.793. The molecule has 4 nitrogen and oxygen atoms in total. The van der Waals surface area contributed by atoms with Gasteiger partial charge in [-0.2, -0.15) is 0 Å². The lowest BCUT2D eigenvalue weighted by Crippen LogP contribution is -2.03. The number of anilines is 1. The smallest absolute Gasteiger partial charge is 0.183 e. The van der Waals surface area contributed by atoms with Crippen LogP contribution in [0.25, 0.3) is 11.3 Å². The van der Waals surface area contributed by atoms with Crippen LogP contribution < -0.4 is 14.8 Å². The van der Waals surface area contributed by atoms with E-state index in [4.69, 9.17) is 9.47 Å². The Labute approximate surface area is 143 Å². The summed E-state index contributed by atoms with van der Waals surface area (Å²) in [6.07, 6.45) is 1.01. The lowest BCUT2D eigenvalue weighted by molar-refractivity contribution is 0.404. The number of rotatable bonds is 7. The van der Waals surface area contributed by atoms with Crippen LogP contribution in [0.15, 0.2) is 41.1 Å². The molecule has 0 saturated carbocycles. The summed E-state index contributed by atoms with van der Waals surface area (Å²) in [7, 11) is 3.32. The van der Waals surface area contributed by atoms with Gasteiger partial charge in [0.1, 0.15) is 11.5 Å². The highest BCUT2D eigenvalue weighted by Crippen LogP contribution is 2.34.